The molecule has 0 N–H and O–H groups in total. The van der Waals surface area contributed by atoms with Gasteiger partial charge in [0.1, 0.15) is 13.9 Å². The van der Waals surface area contributed by atoms with Gasteiger partial charge in [0.25, 0.3) is 0 Å². The van der Waals surface area contributed by atoms with Gasteiger partial charge in [-0.25, -0.2) is 4.39 Å². The van der Waals surface area contributed by atoms with E-state index in [4.69, 9.17) is 4.74 Å². The first-order valence-electron chi connectivity index (χ1n) is 8.38. The molecule has 2 nitrogen and oxygen atoms in total. The van der Waals surface area contributed by atoms with Gasteiger partial charge in [-0.15, -0.1) is 5.73 Å². The van der Waals surface area contributed by atoms with Gasteiger partial charge in [-0.05, 0) is 35.9 Å². The number of hydrogen-bond acceptors (Lipinski definition) is 2. The Morgan fingerprint density at radius 2 is 1.88 bits per heavy atom. The number of hydrogen-bond donors (Lipinski definition) is 0. The van der Waals surface area contributed by atoms with Gasteiger partial charge in [0.05, 0.1) is 13.0 Å². The fourth-order valence-corrected chi connectivity index (χ4v) is 5.38. The molecule has 0 aliphatic rings. The molecular weight excluding hydrogens is 331 g/mol. The van der Waals surface area contributed by atoms with Crippen LogP contribution in [0.25, 0.3) is 5.20 Å². The highest BCUT2D eigenvalue weighted by Gasteiger charge is 2.29. The zero-order valence-corrected chi connectivity index (χ0v) is 15.9. The van der Waals surface area contributed by atoms with Crippen molar-refractivity contribution >= 4 is 24.4 Å². The summed E-state index contributed by atoms with van der Waals surface area (Å²) >= 11 is 0. The predicted octanol–water partition coefficient (Wildman–Crippen LogP) is 4.47. The zero-order valence-electron chi connectivity index (χ0n) is 14.9. The van der Waals surface area contributed by atoms with Crippen molar-refractivity contribution in [1.82, 2.24) is 0 Å². The van der Waals surface area contributed by atoms with Crippen molar-refractivity contribution in [3.63, 3.8) is 0 Å². The molecule has 0 unspecified atom stereocenters. The van der Waals surface area contributed by atoms with Crippen LogP contribution in [-0.4, -0.2) is 20.7 Å². The summed E-state index contributed by atoms with van der Waals surface area (Å²) < 4.78 is 18.7. The van der Waals surface area contributed by atoms with Gasteiger partial charge in [0.15, 0.2) is 0 Å². The third kappa shape index (κ3) is 5.02. The first kappa shape index (κ1) is 18.9. The van der Waals surface area contributed by atoms with Crippen LogP contribution < -0.4 is 5.19 Å². The summed E-state index contributed by atoms with van der Waals surface area (Å²) in [5, 5.41) is 2.19. The zero-order chi connectivity index (χ0) is 18.3. The number of carbonyl (C=O) groups excluding carboxylic acids is 1. The van der Waals surface area contributed by atoms with Gasteiger partial charge in [-0.1, -0.05) is 60.7 Å². The normalized spacial score (nSPS) is 10.7. The lowest BCUT2D eigenvalue weighted by Gasteiger charge is -2.25. The van der Waals surface area contributed by atoms with E-state index in [1.165, 1.54) is 17.3 Å². The Morgan fingerprint density at radius 1 is 1.16 bits per heavy atom. The number of benzene rings is 2. The van der Waals surface area contributed by atoms with E-state index >= 15 is 0 Å². The summed E-state index contributed by atoms with van der Waals surface area (Å²) in [7, 11) is -2.11. The van der Waals surface area contributed by atoms with E-state index in [1.807, 2.05) is 24.3 Å². The van der Waals surface area contributed by atoms with Crippen LogP contribution in [0.2, 0.25) is 13.1 Å². The molecule has 2 aromatic carbocycles. The maximum Gasteiger partial charge on any atom is 0.310 e. The molecule has 0 aromatic heterocycles. The highest BCUT2D eigenvalue weighted by atomic mass is 28.3. The Morgan fingerprint density at radius 3 is 2.52 bits per heavy atom. The summed E-state index contributed by atoms with van der Waals surface area (Å²) in [5.74, 6) is -0.562. The lowest BCUT2D eigenvalue weighted by molar-refractivity contribution is -0.142. The minimum absolute atomic E-state index is 0.159. The van der Waals surface area contributed by atoms with Crippen molar-refractivity contribution in [2.24, 2.45) is 0 Å². The lowest BCUT2D eigenvalue weighted by Crippen LogP contribution is -2.42. The summed E-state index contributed by atoms with van der Waals surface area (Å²) in [4.78, 5) is 11.6. The van der Waals surface area contributed by atoms with E-state index in [1.54, 1.807) is 19.1 Å². The molecule has 0 heterocycles. The van der Waals surface area contributed by atoms with Crippen LogP contribution in [0.15, 0.2) is 66.4 Å². The van der Waals surface area contributed by atoms with Crippen molar-refractivity contribution in [3.8, 4) is 0 Å². The van der Waals surface area contributed by atoms with E-state index in [2.05, 4.69) is 31.0 Å². The Balaban J connectivity index is 2.49. The van der Waals surface area contributed by atoms with E-state index in [9.17, 15) is 9.18 Å². The number of ether oxygens (including phenoxy) is 1. The van der Waals surface area contributed by atoms with Crippen molar-refractivity contribution in [2.75, 3.05) is 6.61 Å². The largest absolute Gasteiger partial charge is 0.466 e. The SMILES string of the molecule is CCOC(=O)CC=C=C(c1cccc(F)c1)[Si](C)(C)c1ccccc1. The first-order valence-corrected chi connectivity index (χ1v) is 11.4. The van der Waals surface area contributed by atoms with Crippen molar-refractivity contribution < 1.29 is 13.9 Å². The second kappa shape index (κ2) is 8.61. The molecule has 0 saturated heterocycles. The summed E-state index contributed by atoms with van der Waals surface area (Å²) in [5.41, 5.74) is 4.08. The molecule has 0 spiro atoms. The van der Waals surface area contributed by atoms with Crippen LogP contribution in [0.1, 0.15) is 18.9 Å². The number of esters is 1. The molecule has 0 fully saturated rings. The van der Waals surface area contributed by atoms with Gasteiger partial charge in [-0.2, -0.15) is 0 Å². The standard InChI is InChI=1S/C21H23FO2Si/c1-4-24-21(23)15-9-14-20(17-10-8-11-18(22)16-17)25(2,3)19-12-6-5-7-13-19/h5-13,16H,4,15H2,1-3H3. The van der Waals surface area contributed by atoms with Crippen molar-refractivity contribution in [1.29, 1.82) is 0 Å². The Bertz CT molecular complexity index is 791. The smallest absolute Gasteiger partial charge is 0.310 e. The highest BCUT2D eigenvalue weighted by Crippen LogP contribution is 2.25. The fraction of sp³-hybridized carbons (Fsp3) is 0.238. The summed E-state index contributed by atoms with van der Waals surface area (Å²) in [6.07, 6.45) is 1.85. The van der Waals surface area contributed by atoms with Crippen LogP contribution in [0.5, 0.6) is 0 Å². The number of rotatable bonds is 6. The maximum absolute atomic E-state index is 13.8. The molecule has 25 heavy (non-hydrogen) atoms. The summed E-state index contributed by atoms with van der Waals surface area (Å²) in [6, 6.07) is 16.7. The van der Waals surface area contributed by atoms with Crippen LogP contribution in [0.4, 0.5) is 4.39 Å². The molecule has 0 atom stereocenters. The molecule has 0 aliphatic carbocycles. The first-order chi connectivity index (χ1) is 11.9. The molecule has 130 valence electrons. The minimum Gasteiger partial charge on any atom is -0.466 e. The van der Waals surface area contributed by atoms with E-state index in [0.29, 0.717) is 6.61 Å². The van der Waals surface area contributed by atoms with E-state index < -0.39 is 8.07 Å². The molecule has 0 saturated carbocycles. The highest BCUT2D eigenvalue weighted by molar-refractivity contribution is 7.04. The Labute approximate surface area is 149 Å². The topological polar surface area (TPSA) is 26.3 Å². The Hall–Kier alpha value is -2.42. The summed E-state index contributed by atoms with van der Waals surface area (Å²) in [6.45, 7) is 6.54. The third-order valence-electron chi connectivity index (χ3n) is 4.05. The molecule has 0 aliphatic heterocycles. The maximum atomic E-state index is 13.8. The van der Waals surface area contributed by atoms with Crippen LogP contribution in [-0.2, 0) is 9.53 Å². The molecule has 4 heteroatoms. The molecule has 2 rings (SSSR count). The quantitative estimate of drug-likeness (QED) is 0.434. The van der Waals surface area contributed by atoms with Crippen molar-refractivity contribution in [2.45, 2.75) is 26.4 Å². The van der Waals surface area contributed by atoms with E-state index in [-0.39, 0.29) is 18.2 Å². The monoisotopic (exact) mass is 354 g/mol. The van der Waals surface area contributed by atoms with Gasteiger partial charge in [-0.3, -0.25) is 4.79 Å². The van der Waals surface area contributed by atoms with E-state index in [0.717, 1.165) is 10.8 Å². The Kier molecular flexibility index (Phi) is 6.51. The average molecular weight is 354 g/mol. The molecule has 0 bridgehead atoms. The molecule has 0 radical (unpaired) electrons. The lowest BCUT2D eigenvalue weighted by atomic mass is 10.2. The average Bonchev–Trinajstić information content (AvgIpc) is 2.59. The third-order valence-corrected chi connectivity index (χ3v) is 7.51. The van der Waals surface area contributed by atoms with Crippen LogP contribution in [0.3, 0.4) is 0 Å². The predicted molar refractivity (Wildman–Crippen MR) is 103 cm³/mol. The second-order valence-corrected chi connectivity index (χ2v) is 10.6. The van der Waals surface area contributed by atoms with Crippen LogP contribution in [0, 0.1) is 5.82 Å². The molecule has 0 amide bonds. The van der Waals surface area contributed by atoms with Crippen molar-refractivity contribution in [3.05, 3.63) is 77.8 Å². The molecule has 2 aromatic rings. The van der Waals surface area contributed by atoms with Gasteiger partial charge >= 0.3 is 5.97 Å². The van der Waals surface area contributed by atoms with Gasteiger partial charge < -0.3 is 4.74 Å². The minimum atomic E-state index is -2.11. The fourth-order valence-electron chi connectivity index (χ4n) is 2.72. The second-order valence-electron chi connectivity index (χ2n) is 6.23. The van der Waals surface area contributed by atoms with Gasteiger partial charge in [0.2, 0.25) is 0 Å². The number of carbonyl (C=O) groups is 1. The van der Waals surface area contributed by atoms with Crippen LogP contribution >= 0.6 is 0 Å². The molecular formula is C21H23FO2Si. The van der Waals surface area contributed by atoms with Gasteiger partial charge in [0, 0.05) is 0 Å². The number of halogens is 1.